The molecule has 1 fully saturated rings. The van der Waals surface area contributed by atoms with Crippen LogP contribution in [0.4, 0.5) is 9.18 Å². The monoisotopic (exact) mass is 482 g/mol. The third-order valence-electron chi connectivity index (χ3n) is 6.13. The Kier molecular flexibility index (Phi) is 6.78. The molecule has 1 aliphatic rings. The van der Waals surface area contributed by atoms with Gasteiger partial charge in [-0.2, -0.15) is 0 Å². The summed E-state index contributed by atoms with van der Waals surface area (Å²) in [6.45, 7) is 9.04. The number of hydrogen-bond donors (Lipinski definition) is 0. The SMILES string of the molecule is Cc1noc2nc(-c3ccc(F)cc3)cc(C(=O)N3CCC(CN(C)C(=O)OC(C)(C)C)CC3)c12. The van der Waals surface area contributed by atoms with Crippen LogP contribution in [-0.4, -0.2) is 64.2 Å². The highest BCUT2D eigenvalue weighted by Crippen LogP contribution is 2.29. The Morgan fingerprint density at radius 1 is 1.20 bits per heavy atom. The first-order valence-electron chi connectivity index (χ1n) is 11.8. The summed E-state index contributed by atoms with van der Waals surface area (Å²) in [5.41, 5.74) is 2.00. The summed E-state index contributed by atoms with van der Waals surface area (Å²) >= 11 is 0. The second kappa shape index (κ2) is 9.64. The Morgan fingerprint density at radius 2 is 1.86 bits per heavy atom. The van der Waals surface area contributed by atoms with Crippen LogP contribution in [0.1, 0.15) is 49.7 Å². The highest BCUT2D eigenvalue weighted by atomic mass is 19.1. The van der Waals surface area contributed by atoms with Crippen LogP contribution < -0.4 is 0 Å². The van der Waals surface area contributed by atoms with Gasteiger partial charge in [0.2, 0.25) is 0 Å². The molecular formula is C26H31FN4O4. The van der Waals surface area contributed by atoms with Crippen LogP contribution in [0, 0.1) is 18.7 Å². The molecule has 0 bridgehead atoms. The molecule has 0 unspecified atom stereocenters. The number of carbonyl (C=O) groups excluding carboxylic acids is 2. The van der Waals surface area contributed by atoms with Gasteiger partial charge in [-0.05, 0) is 76.8 Å². The van der Waals surface area contributed by atoms with Crippen LogP contribution in [0.25, 0.3) is 22.4 Å². The van der Waals surface area contributed by atoms with E-state index in [2.05, 4.69) is 10.1 Å². The van der Waals surface area contributed by atoms with Crippen LogP contribution in [-0.2, 0) is 4.74 Å². The molecule has 0 spiro atoms. The fourth-order valence-corrected chi connectivity index (χ4v) is 4.32. The summed E-state index contributed by atoms with van der Waals surface area (Å²) in [5, 5.41) is 4.59. The van der Waals surface area contributed by atoms with Crippen molar-refractivity contribution < 1.29 is 23.2 Å². The standard InChI is InChI=1S/C26H31FN4O4/c1-16-22-20(14-21(28-23(22)35-29-16)18-6-8-19(27)9-7-18)24(32)31-12-10-17(11-13-31)15-30(5)25(33)34-26(2,3)4/h6-9,14,17H,10-13,15H2,1-5H3. The summed E-state index contributed by atoms with van der Waals surface area (Å²) in [6, 6.07) is 7.67. The molecule has 186 valence electrons. The van der Waals surface area contributed by atoms with E-state index in [-0.39, 0.29) is 29.4 Å². The minimum Gasteiger partial charge on any atom is -0.444 e. The van der Waals surface area contributed by atoms with E-state index in [0.29, 0.717) is 47.5 Å². The molecule has 2 aromatic heterocycles. The van der Waals surface area contributed by atoms with E-state index in [0.717, 1.165) is 12.8 Å². The van der Waals surface area contributed by atoms with E-state index in [9.17, 15) is 14.0 Å². The predicted molar refractivity (Wildman–Crippen MR) is 129 cm³/mol. The number of ether oxygens (including phenoxy) is 1. The van der Waals surface area contributed by atoms with Gasteiger partial charge in [-0.15, -0.1) is 0 Å². The van der Waals surface area contributed by atoms with Crippen LogP contribution in [0.5, 0.6) is 0 Å². The number of piperidine rings is 1. The highest BCUT2D eigenvalue weighted by molar-refractivity contribution is 6.07. The quantitative estimate of drug-likeness (QED) is 0.517. The maximum Gasteiger partial charge on any atom is 0.410 e. The summed E-state index contributed by atoms with van der Waals surface area (Å²) in [6.07, 6.45) is 1.22. The van der Waals surface area contributed by atoms with E-state index in [1.54, 1.807) is 37.1 Å². The summed E-state index contributed by atoms with van der Waals surface area (Å²) in [5.74, 6) is -0.186. The second-order valence-corrected chi connectivity index (χ2v) is 10.1. The van der Waals surface area contributed by atoms with E-state index < -0.39 is 5.60 Å². The lowest BCUT2D eigenvalue weighted by molar-refractivity contribution is 0.0246. The van der Waals surface area contributed by atoms with Crippen LogP contribution in [0.2, 0.25) is 0 Å². The van der Waals surface area contributed by atoms with Gasteiger partial charge in [0.05, 0.1) is 22.3 Å². The summed E-state index contributed by atoms with van der Waals surface area (Å²) in [4.78, 5) is 33.8. The normalized spacial score (nSPS) is 14.9. The lowest BCUT2D eigenvalue weighted by Crippen LogP contribution is -2.43. The van der Waals surface area contributed by atoms with Crippen molar-refractivity contribution >= 4 is 23.1 Å². The molecule has 8 nitrogen and oxygen atoms in total. The molecule has 35 heavy (non-hydrogen) atoms. The van der Waals surface area contributed by atoms with Gasteiger partial charge in [0.25, 0.3) is 11.6 Å². The topological polar surface area (TPSA) is 88.8 Å². The summed E-state index contributed by atoms with van der Waals surface area (Å²) in [7, 11) is 1.74. The summed E-state index contributed by atoms with van der Waals surface area (Å²) < 4.78 is 24.2. The number of hydrogen-bond acceptors (Lipinski definition) is 6. The van der Waals surface area contributed by atoms with Gasteiger partial charge in [0.15, 0.2) is 0 Å². The minimum absolute atomic E-state index is 0.119. The van der Waals surface area contributed by atoms with Crippen LogP contribution >= 0.6 is 0 Å². The van der Waals surface area contributed by atoms with E-state index >= 15 is 0 Å². The zero-order valence-electron chi connectivity index (χ0n) is 20.8. The predicted octanol–water partition coefficient (Wildman–Crippen LogP) is 5.06. The smallest absolute Gasteiger partial charge is 0.410 e. The first-order valence-corrected chi connectivity index (χ1v) is 11.8. The molecule has 1 saturated heterocycles. The Labute approximate surface area is 204 Å². The van der Waals surface area contributed by atoms with Crippen LogP contribution in [0.15, 0.2) is 34.9 Å². The molecule has 0 atom stereocenters. The lowest BCUT2D eigenvalue weighted by Gasteiger charge is -2.34. The van der Waals surface area contributed by atoms with Crippen molar-refractivity contribution in [3.05, 3.63) is 47.4 Å². The maximum absolute atomic E-state index is 13.6. The number of nitrogens with zero attached hydrogens (tertiary/aromatic N) is 4. The molecule has 4 rings (SSSR count). The Hall–Kier alpha value is -3.49. The first kappa shape index (κ1) is 24.6. The number of aryl methyl sites for hydroxylation is 1. The van der Waals surface area contributed by atoms with Crippen molar-refractivity contribution in [1.82, 2.24) is 19.9 Å². The van der Waals surface area contributed by atoms with Gasteiger partial charge < -0.3 is 19.1 Å². The molecule has 1 aromatic carbocycles. The van der Waals surface area contributed by atoms with Gasteiger partial charge in [-0.25, -0.2) is 14.2 Å². The number of pyridine rings is 1. The molecule has 0 saturated carbocycles. The first-order chi connectivity index (χ1) is 16.5. The van der Waals surface area contributed by atoms with Crippen molar-refractivity contribution in [3.63, 3.8) is 0 Å². The zero-order valence-corrected chi connectivity index (χ0v) is 20.8. The molecule has 3 heterocycles. The molecule has 0 aliphatic carbocycles. The molecule has 9 heteroatoms. The minimum atomic E-state index is -0.538. The van der Waals surface area contributed by atoms with Crippen molar-refractivity contribution in [2.75, 3.05) is 26.7 Å². The molecule has 3 aromatic rings. The van der Waals surface area contributed by atoms with Crippen molar-refractivity contribution in [1.29, 1.82) is 0 Å². The van der Waals surface area contributed by atoms with E-state index in [4.69, 9.17) is 9.26 Å². The second-order valence-electron chi connectivity index (χ2n) is 10.1. The Bertz CT molecular complexity index is 1220. The fourth-order valence-electron chi connectivity index (χ4n) is 4.32. The number of halogens is 1. The number of likely N-dealkylation sites (tertiary alicyclic amines) is 1. The molecule has 0 N–H and O–H groups in total. The van der Waals surface area contributed by atoms with Crippen molar-refractivity contribution in [2.45, 2.75) is 46.1 Å². The number of benzene rings is 1. The Morgan fingerprint density at radius 3 is 2.49 bits per heavy atom. The van der Waals surface area contributed by atoms with Gasteiger partial charge in [0.1, 0.15) is 11.4 Å². The van der Waals surface area contributed by atoms with E-state index in [1.807, 2.05) is 25.7 Å². The van der Waals surface area contributed by atoms with E-state index in [1.165, 1.54) is 12.1 Å². The Balaban J connectivity index is 1.49. The van der Waals surface area contributed by atoms with Crippen molar-refractivity contribution in [2.24, 2.45) is 5.92 Å². The van der Waals surface area contributed by atoms with Gasteiger partial charge >= 0.3 is 6.09 Å². The number of carbonyl (C=O) groups is 2. The van der Waals surface area contributed by atoms with Gasteiger partial charge in [-0.1, -0.05) is 5.16 Å². The third kappa shape index (κ3) is 5.61. The highest BCUT2D eigenvalue weighted by Gasteiger charge is 2.29. The number of rotatable bonds is 4. The van der Waals surface area contributed by atoms with Crippen molar-refractivity contribution in [3.8, 4) is 11.3 Å². The number of aromatic nitrogens is 2. The van der Waals surface area contributed by atoms with Gasteiger partial charge in [0, 0.05) is 32.2 Å². The number of amides is 2. The van der Waals surface area contributed by atoms with Crippen LogP contribution in [0.3, 0.4) is 0 Å². The molecule has 1 aliphatic heterocycles. The molecule has 2 amide bonds. The number of fused-ring (bicyclic) bond motifs is 1. The average molecular weight is 483 g/mol. The molecule has 0 radical (unpaired) electrons. The average Bonchev–Trinajstić information content (AvgIpc) is 3.18. The third-order valence-corrected chi connectivity index (χ3v) is 6.13. The largest absolute Gasteiger partial charge is 0.444 e. The maximum atomic E-state index is 13.6. The fraction of sp³-hybridized carbons (Fsp3) is 0.462. The zero-order chi connectivity index (χ0) is 25.3. The molecular weight excluding hydrogens is 451 g/mol. The van der Waals surface area contributed by atoms with Gasteiger partial charge in [-0.3, -0.25) is 4.79 Å². The lowest BCUT2D eigenvalue weighted by atomic mass is 9.95.